The van der Waals surface area contributed by atoms with Crippen LogP contribution in [0.25, 0.3) is 121 Å². The molecule has 0 unspecified atom stereocenters. The molecule has 4 heteroatoms. The molecule has 0 aliphatic carbocycles. The van der Waals surface area contributed by atoms with E-state index in [-0.39, 0.29) is 0 Å². The zero-order valence-corrected chi connectivity index (χ0v) is 31.3. The van der Waals surface area contributed by atoms with Crippen LogP contribution in [0.5, 0.6) is 0 Å². The van der Waals surface area contributed by atoms with E-state index < -0.39 is 0 Å². The van der Waals surface area contributed by atoms with Gasteiger partial charge in [0.2, 0.25) is 0 Å². The van der Waals surface area contributed by atoms with Gasteiger partial charge in [-0.3, -0.25) is 9.97 Å². The third-order valence-corrected chi connectivity index (χ3v) is 11.7. The van der Waals surface area contributed by atoms with Gasteiger partial charge in [-0.15, -0.1) is 0 Å². The lowest BCUT2D eigenvalue weighted by Crippen LogP contribution is -1.93. The maximum Gasteiger partial charge on any atom is 0.0972 e. The van der Waals surface area contributed by atoms with Crippen LogP contribution < -0.4 is 0 Å². The van der Waals surface area contributed by atoms with E-state index in [9.17, 15) is 0 Å². The SMILES string of the molecule is c1ccc(-c2ccc(-c3ccc4ccc5c(-c6ccc7ccc8ccc(-c9ccc(-c%10cccc%11cccnc%10%11)cc9)nc8c7n6)ccc6ccc3c4c65)cc2)nc1. The van der Waals surface area contributed by atoms with E-state index in [0.717, 1.165) is 77.6 Å². The van der Waals surface area contributed by atoms with E-state index >= 15 is 0 Å². The minimum absolute atomic E-state index is 0.899. The second-order valence-electron chi connectivity index (χ2n) is 15.0. The fourth-order valence-corrected chi connectivity index (χ4v) is 8.87. The highest BCUT2D eigenvalue weighted by Gasteiger charge is 2.17. The van der Waals surface area contributed by atoms with Crippen LogP contribution in [0.15, 0.2) is 194 Å². The Balaban J connectivity index is 0.955. The van der Waals surface area contributed by atoms with Crippen molar-refractivity contribution in [2.24, 2.45) is 0 Å². The number of benzene rings is 8. The predicted octanol–water partition coefficient (Wildman–Crippen LogP) is 14.0. The van der Waals surface area contributed by atoms with Gasteiger partial charge in [0, 0.05) is 50.8 Å². The minimum Gasteiger partial charge on any atom is -0.256 e. The zero-order chi connectivity index (χ0) is 38.2. The van der Waals surface area contributed by atoms with Gasteiger partial charge in [0.1, 0.15) is 0 Å². The molecule has 58 heavy (non-hydrogen) atoms. The molecular weight excluding hydrogens is 705 g/mol. The van der Waals surface area contributed by atoms with Crippen molar-refractivity contribution >= 4 is 65.0 Å². The van der Waals surface area contributed by atoms with Crippen LogP contribution in [0.3, 0.4) is 0 Å². The average molecular weight is 737 g/mol. The lowest BCUT2D eigenvalue weighted by atomic mass is 9.87. The molecule has 12 rings (SSSR count). The van der Waals surface area contributed by atoms with Gasteiger partial charge in [-0.25, -0.2) is 9.97 Å². The highest BCUT2D eigenvalue weighted by Crippen LogP contribution is 2.43. The van der Waals surface area contributed by atoms with E-state index in [2.05, 4.69) is 174 Å². The van der Waals surface area contributed by atoms with Crippen molar-refractivity contribution < 1.29 is 0 Å². The van der Waals surface area contributed by atoms with Crippen LogP contribution in [0.4, 0.5) is 0 Å². The Morgan fingerprint density at radius 1 is 0.259 bits per heavy atom. The Bertz CT molecular complexity index is 3530. The average Bonchev–Trinajstić information content (AvgIpc) is 3.30. The Morgan fingerprint density at radius 3 is 1.48 bits per heavy atom. The molecule has 0 aliphatic heterocycles. The topological polar surface area (TPSA) is 51.6 Å². The number of pyridine rings is 4. The standard InChI is InChI=1S/C54H32N4/c1-2-31-55-47(8-1)35-13-9-33(10-14-35)42-25-19-37-22-28-46-44(26-20-38-21-27-45(42)50(37)51(38)46)49-30-24-41-18-17-40-23-29-48(57-53(40)54(41)58-49)36-15-11-34(12-16-36)43-7-3-5-39-6-4-32-56-52(39)43/h1-32H. The molecule has 0 fully saturated rings. The molecule has 4 aromatic heterocycles. The Labute approximate surface area is 334 Å². The quantitative estimate of drug-likeness (QED) is 0.165. The van der Waals surface area contributed by atoms with Gasteiger partial charge in [0.25, 0.3) is 0 Å². The van der Waals surface area contributed by atoms with Crippen LogP contribution in [-0.2, 0) is 0 Å². The van der Waals surface area contributed by atoms with Crippen molar-refractivity contribution in [3.05, 3.63) is 194 Å². The Hall–Kier alpha value is -7.82. The first-order chi connectivity index (χ1) is 28.7. The molecule has 268 valence electrons. The molecule has 0 atom stereocenters. The van der Waals surface area contributed by atoms with Crippen LogP contribution >= 0.6 is 0 Å². The van der Waals surface area contributed by atoms with Gasteiger partial charge in [-0.2, -0.15) is 0 Å². The maximum absolute atomic E-state index is 5.40. The molecule has 0 saturated carbocycles. The lowest BCUT2D eigenvalue weighted by molar-refractivity contribution is 1.33. The molecule has 0 spiro atoms. The monoisotopic (exact) mass is 736 g/mol. The van der Waals surface area contributed by atoms with Gasteiger partial charge in [0.15, 0.2) is 0 Å². The fourth-order valence-electron chi connectivity index (χ4n) is 8.87. The van der Waals surface area contributed by atoms with Crippen molar-refractivity contribution in [3.8, 4) is 56.0 Å². The van der Waals surface area contributed by atoms with E-state index in [1.807, 2.05) is 30.6 Å². The summed E-state index contributed by atoms with van der Waals surface area (Å²) in [5.74, 6) is 0. The molecule has 0 aliphatic rings. The normalized spacial score (nSPS) is 11.8. The van der Waals surface area contributed by atoms with Crippen molar-refractivity contribution in [2.45, 2.75) is 0 Å². The molecule has 0 radical (unpaired) electrons. The van der Waals surface area contributed by atoms with Crippen LogP contribution in [0.2, 0.25) is 0 Å². The van der Waals surface area contributed by atoms with Crippen LogP contribution in [0.1, 0.15) is 0 Å². The summed E-state index contributed by atoms with van der Waals surface area (Å²) >= 11 is 0. The number of para-hydroxylation sites is 1. The number of rotatable bonds is 5. The predicted molar refractivity (Wildman–Crippen MR) is 241 cm³/mol. The summed E-state index contributed by atoms with van der Waals surface area (Å²) < 4.78 is 0. The van der Waals surface area contributed by atoms with Gasteiger partial charge < -0.3 is 0 Å². The van der Waals surface area contributed by atoms with Crippen LogP contribution in [-0.4, -0.2) is 19.9 Å². The molecule has 4 nitrogen and oxygen atoms in total. The second kappa shape index (κ2) is 12.9. The van der Waals surface area contributed by atoms with Crippen molar-refractivity contribution in [2.75, 3.05) is 0 Å². The molecule has 4 heterocycles. The second-order valence-corrected chi connectivity index (χ2v) is 15.0. The summed E-state index contributed by atoms with van der Waals surface area (Å²) in [7, 11) is 0. The lowest BCUT2D eigenvalue weighted by Gasteiger charge is -2.16. The molecule has 0 saturated heterocycles. The largest absolute Gasteiger partial charge is 0.256 e. The first-order valence-electron chi connectivity index (χ1n) is 19.6. The van der Waals surface area contributed by atoms with Crippen molar-refractivity contribution in [1.82, 2.24) is 19.9 Å². The minimum atomic E-state index is 0.899. The van der Waals surface area contributed by atoms with Gasteiger partial charge >= 0.3 is 0 Å². The molecule has 0 N–H and O–H groups in total. The number of fused-ring (bicyclic) bond motifs is 4. The summed E-state index contributed by atoms with van der Waals surface area (Å²) in [6.07, 6.45) is 3.70. The van der Waals surface area contributed by atoms with E-state index in [1.165, 1.54) is 43.4 Å². The number of hydrogen-bond donors (Lipinski definition) is 0. The zero-order valence-electron chi connectivity index (χ0n) is 31.3. The third kappa shape index (κ3) is 5.16. The fraction of sp³-hybridized carbons (Fsp3) is 0. The summed E-state index contributed by atoms with van der Waals surface area (Å²) in [6, 6.07) is 64.8. The molecular formula is C54H32N4. The first-order valence-corrected chi connectivity index (χ1v) is 19.6. The smallest absolute Gasteiger partial charge is 0.0972 e. The number of aromatic nitrogens is 4. The van der Waals surface area contributed by atoms with Crippen molar-refractivity contribution in [1.29, 1.82) is 0 Å². The molecule has 12 aromatic rings. The maximum atomic E-state index is 5.40. The molecule has 8 aromatic carbocycles. The highest BCUT2D eigenvalue weighted by molar-refractivity contribution is 6.27. The highest BCUT2D eigenvalue weighted by atomic mass is 14.8. The first kappa shape index (κ1) is 32.4. The number of nitrogens with zero attached hydrogens (tertiary/aromatic N) is 4. The van der Waals surface area contributed by atoms with E-state index in [4.69, 9.17) is 9.97 Å². The summed E-state index contributed by atoms with van der Waals surface area (Å²) in [5, 5.41) is 10.7. The Morgan fingerprint density at radius 2 is 0.776 bits per heavy atom. The molecule has 0 amide bonds. The summed E-state index contributed by atoms with van der Waals surface area (Å²) in [5.41, 5.74) is 13.6. The van der Waals surface area contributed by atoms with Crippen molar-refractivity contribution in [3.63, 3.8) is 0 Å². The number of hydrogen-bond acceptors (Lipinski definition) is 4. The Kier molecular flexibility index (Phi) is 7.20. The van der Waals surface area contributed by atoms with Crippen LogP contribution in [0, 0.1) is 0 Å². The van der Waals surface area contributed by atoms with Gasteiger partial charge in [-0.1, -0.05) is 152 Å². The summed E-state index contributed by atoms with van der Waals surface area (Å²) in [4.78, 5) is 19.9. The van der Waals surface area contributed by atoms with E-state index in [0.29, 0.717) is 0 Å². The summed E-state index contributed by atoms with van der Waals surface area (Å²) in [6.45, 7) is 0. The van der Waals surface area contributed by atoms with E-state index in [1.54, 1.807) is 0 Å². The third-order valence-electron chi connectivity index (χ3n) is 11.7. The molecule has 0 bridgehead atoms. The van der Waals surface area contributed by atoms with Gasteiger partial charge in [0.05, 0.1) is 33.6 Å². The van der Waals surface area contributed by atoms with Gasteiger partial charge in [-0.05, 0) is 79.3 Å².